The third-order valence-corrected chi connectivity index (χ3v) is 3.66. The molecule has 0 bridgehead atoms. The largest absolute Gasteiger partial charge is 0.417 e. The predicted molar refractivity (Wildman–Crippen MR) is 86.8 cm³/mol. The van der Waals surface area contributed by atoms with Crippen LogP contribution in [-0.4, -0.2) is 22.6 Å². The molecule has 2 aromatic heterocycles. The summed E-state index contributed by atoms with van der Waals surface area (Å²) in [5.41, 5.74) is 3.56. The molecule has 0 aliphatic carbocycles. The van der Waals surface area contributed by atoms with Crippen LogP contribution in [0.15, 0.2) is 54.9 Å². The van der Waals surface area contributed by atoms with Crippen molar-refractivity contribution in [2.75, 3.05) is 7.11 Å². The second kappa shape index (κ2) is 5.85. The SMILES string of the molecule is COn1c(C)c(/C=C/C(=O)c2ccncc2)c2ccccc21. The van der Waals surface area contributed by atoms with E-state index >= 15 is 0 Å². The first-order valence-electron chi connectivity index (χ1n) is 6.99. The lowest BCUT2D eigenvalue weighted by Crippen LogP contribution is -2.06. The van der Waals surface area contributed by atoms with Crippen molar-refractivity contribution in [2.24, 2.45) is 0 Å². The molecule has 0 spiro atoms. The van der Waals surface area contributed by atoms with Crippen LogP contribution in [0.3, 0.4) is 0 Å². The number of carbonyl (C=O) groups excluding carboxylic acids is 1. The van der Waals surface area contributed by atoms with E-state index in [9.17, 15) is 4.79 Å². The first kappa shape index (κ1) is 14.1. The zero-order valence-corrected chi connectivity index (χ0v) is 12.5. The summed E-state index contributed by atoms with van der Waals surface area (Å²) < 4.78 is 1.77. The van der Waals surface area contributed by atoms with E-state index in [4.69, 9.17) is 4.84 Å². The Morgan fingerprint density at radius 2 is 1.91 bits per heavy atom. The number of allylic oxidation sites excluding steroid dienone is 1. The summed E-state index contributed by atoms with van der Waals surface area (Å²) >= 11 is 0. The van der Waals surface area contributed by atoms with Crippen molar-refractivity contribution < 1.29 is 9.63 Å². The van der Waals surface area contributed by atoms with Crippen molar-refractivity contribution in [2.45, 2.75) is 6.92 Å². The first-order chi connectivity index (χ1) is 10.7. The molecular formula is C18H16N2O2. The van der Waals surface area contributed by atoms with Gasteiger partial charge in [0.1, 0.15) is 7.11 Å². The summed E-state index contributed by atoms with van der Waals surface area (Å²) in [6, 6.07) is 11.4. The van der Waals surface area contributed by atoms with E-state index < -0.39 is 0 Å². The molecule has 3 aromatic rings. The third kappa shape index (κ3) is 2.39. The zero-order chi connectivity index (χ0) is 15.5. The number of rotatable bonds is 4. The van der Waals surface area contributed by atoms with Crippen LogP contribution in [-0.2, 0) is 0 Å². The lowest BCUT2D eigenvalue weighted by molar-refractivity contribution is 0.104. The van der Waals surface area contributed by atoms with E-state index in [0.29, 0.717) is 5.56 Å². The van der Waals surface area contributed by atoms with Crippen LogP contribution in [0.5, 0.6) is 0 Å². The summed E-state index contributed by atoms with van der Waals surface area (Å²) in [4.78, 5) is 21.5. The number of hydrogen-bond acceptors (Lipinski definition) is 3. The molecule has 22 heavy (non-hydrogen) atoms. The fraction of sp³-hybridized carbons (Fsp3) is 0.111. The minimum absolute atomic E-state index is 0.0453. The smallest absolute Gasteiger partial charge is 0.185 e. The molecule has 0 saturated carbocycles. The lowest BCUT2D eigenvalue weighted by atomic mass is 10.1. The maximum atomic E-state index is 12.2. The molecule has 0 atom stereocenters. The molecule has 3 rings (SSSR count). The number of fused-ring (bicyclic) bond motifs is 1. The van der Waals surface area contributed by atoms with Gasteiger partial charge in [0.05, 0.1) is 11.2 Å². The van der Waals surface area contributed by atoms with E-state index in [1.807, 2.05) is 37.3 Å². The van der Waals surface area contributed by atoms with Crippen LogP contribution in [0.1, 0.15) is 21.6 Å². The van der Waals surface area contributed by atoms with Gasteiger partial charge in [-0.1, -0.05) is 18.2 Å². The van der Waals surface area contributed by atoms with Gasteiger partial charge in [-0.3, -0.25) is 9.78 Å². The highest BCUT2D eigenvalue weighted by Crippen LogP contribution is 2.26. The fourth-order valence-corrected chi connectivity index (χ4v) is 2.58. The van der Waals surface area contributed by atoms with Gasteiger partial charge in [-0.25, -0.2) is 0 Å². The van der Waals surface area contributed by atoms with E-state index in [0.717, 1.165) is 22.2 Å². The number of nitrogens with zero attached hydrogens (tertiary/aromatic N) is 2. The summed E-state index contributed by atoms with van der Waals surface area (Å²) in [6.45, 7) is 1.97. The number of hydrogen-bond donors (Lipinski definition) is 0. The van der Waals surface area contributed by atoms with Crippen molar-refractivity contribution in [1.82, 2.24) is 9.71 Å². The minimum Gasteiger partial charge on any atom is -0.417 e. The van der Waals surface area contributed by atoms with Gasteiger partial charge in [0.15, 0.2) is 5.78 Å². The van der Waals surface area contributed by atoms with Gasteiger partial charge < -0.3 is 4.84 Å². The second-order valence-electron chi connectivity index (χ2n) is 4.93. The normalized spacial score (nSPS) is 11.2. The number of pyridine rings is 1. The van der Waals surface area contributed by atoms with Crippen LogP contribution in [0, 0.1) is 6.92 Å². The van der Waals surface area contributed by atoms with Gasteiger partial charge in [-0.05, 0) is 37.3 Å². The molecule has 2 heterocycles. The fourth-order valence-electron chi connectivity index (χ4n) is 2.58. The van der Waals surface area contributed by atoms with Crippen LogP contribution >= 0.6 is 0 Å². The Hall–Kier alpha value is -2.88. The molecule has 0 unspecified atom stereocenters. The van der Waals surface area contributed by atoms with Gasteiger partial charge in [-0.2, -0.15) is 4.73 Å². The van der Waals surface area contributed by atoms with E-state index in [1.165, 1.54) is 0 Å². The maximum Gasteiger partial charge on any atom is 0.185 e. The topological polar surface area (TPSA) is 44.1 Å². The summed E-state index contributed by atoms with van der Waals surface area (Å²) in [5, 5.41) is 1.06. The average Bonchev–Trinajstić information content (AvgIpc) is 2.84. The Bertz CT molecular complexity index is 848. The molecule has 0 amide bonds. The van der Waals surface area contributed by atoms with Crippen molar-refractivity contribution in [3.05, 3.63) is 71.7 Å². The van der Waals surface area contributed by atoms with E-state index in [2.05, 4.69) is 4.98 Å². The van der Waals surface area contributed by atoms with Crippen molar-refractivity contribution in [3.8, 4) is 0 Å². The average molecular weight is 292 g/mol. The zero-order valence-electron chi connectivity index (χ0n) is 12.5. The van der Waals surface area contributed by atoms with Crippen LogP contribution in [0.25, 0.3) is 17.0 Å². The van der Waals surface area contributed by atoms with E-state index in [-0.39, 0.29) is 5.78 Å². The molecule has 0 aliphatic rings. The number of carbonyl (C=O) groups is 1. The lowest BCUT2D eigenvalue weighted by Gasteiger charge is -2.04. The Labute approximate surface area is 128 Å². The highest BCUT2D eigenvalue weighted by molar-refractivity contribution is 6.07. The molecule has 0 N–H and O–H groups in total. The van der Waals surface area contributed by atoms with E-state index in [1.54, 1.807) is 42.4 Å². The Morgan fingerprint density at radius 3 is 2.64 bits per heavy atom. The molecule has 0 saturated heterocycles. The van der Waals surface area contributed by atoms with Crippen LogP contribution in [0.4, 0.5) is 0 Å². The summed E-state index contributed by atoms with van der Waals surface area (Å²) in [6.07, 6.45) is 6.66. The Kier molecular flexibility index (Phi) is 3.74. The van der Waals surface area contributed by atoms with Gasteiger partial charge >= 0.3 is 0 Å². The molecule has 110 valence electrons. The van der Waals surface area contributed by atoms with Gasteiger partial charge in [0.25, 0.3) is 0 Å². The molecule has 0 radical (unpaired) electrons. The van der Waals surface area contributed by atoms with Crippen molar-refractivity contribution in [1.29, 1.82) is 0 Å². The summed E-state index contributed by atoms with van der Waals surface area (Å²) in [7, 11) is 1.63. The van der Waals surface area contributed by atoms with Crippen LogP contribution < -0.4 is 4.84 Å². The van der Waals surface area contributed by atoms with Crippen LogP contribution in [0.2, 0.25) is 0 Å². The van der Waals surface area contributed by atoms with Gasteiger partial charge in [0, 0.05) is 28.9 Å². The number of para-hydroxylation sites is 1. The van der Waals surface area contributed by atoms with Gasteiger partial charge in [-0.15, -0.1) is 0 Å². The minimum atomic E-state index is -0.0453. The number of ketones is 1. The standard InChI is InChI=1S/C18H16N2O2/c1-13-15(7-8-18(21)14-9-11-19-12-10-14)16-5-3-4-6-17(16)20(13)22-2/h3-12H,1-2H3/b8-7+. The quantitative estimate of drug-likeness (QED) is 0.547. The number of aromatic nitrogens is 2. The molecule has 4 nitrogen and oxygen atoms in total. The molecular weight excluding hydrogens is 276 g/mol. The molecule has 4 heteroatoms. The van der Waals surface area contributed by atoms with Crippen molar-refractivity contribution in [3.63, 3.8) is 0 Å². The molecule has 0 aliphatic heterocycles. The Balaban J connectivity index is 2.02. The maximum absolute atomic E-state index is 12.2. The monoisotopic (exact) mass is 292 g/mol. The third-order valence-electron chi connectivity index (χ3n) is 3.66. The Morgan fingerprint density at radius 1 is 1.18 bits per heavy atom. The highest BCUT2D eigenvalue weighted by atomic mass is 16.6. The number of benzene rings is 1. The predicted octanol–water partition coefficient (Wildman–Crippen LogP) is 3.30. The molecule has 0 fully saturated rings. The first-order valence-corrected chi connectivity index (χ1v) is 6.99. The highest BCUT2D eigenvalue weighted by Gasteiger charge is 2.12. The summed E-state index contributed by atoms with van der Waals surface area (Å²) in [5.74, 6) is -0.0453. The van der Waals surface area contributed by atoms with Gasteiger partial charge in [0.2, 0.25) is 0 Å². The van der Waals surface area contributed by atoms with Crippen molar-refractivity contribution >= 4 is 22.8 Å². The molecule has 1 aromatic carbocycles. The second-order valence-corrected chi connectivity index (χ2v) is 4.93.